The fourth-order valence-corrected chi connectivity index (χ4v) is 9.17. The molecule has 0 aliphatic carbocycles. The van der Waals surface area contributed by atoms with Crippen LogP contribution in [0, 0.1) is 0 Å². The van der Waals surface area contributed by atoms with Crippen molar-refractivity contribution >= 4 is 36.5 Å². The molecule has 3 N–H and O–H groups in total. The molecule has 0 heterocycles. The van der Waals surface area contributed by atoms with Crippen LogP contribution in [-0.4, -0.2) is 41.5 Å². The first kappa shape index (κ1) is 34.8. The molecule has 45 heavy (non-hydrogen) atoms. The van der Waals surface area contributed by atoms with E-state index >= 15 is 0 Å². The van der Waals surface area contributed by atoms with E-state index in [0.29, 0.717) is 10.5 Å². The number of nitrogens with two attached hydrogens (primary N) is 1. The number of amides is 1. The maximum absolute atomic E-state index is 13.3. The minimum Gasteiger partial charge on any atom is -0.494 e. The average Bonchev–Trinajstić information content (AvgIpc) is 3.07. The molecular weight excluding hydrogens is 671 g/mol. The van der Waals surface area contributed by atoms with Crippen LogP contribution in [0.4, 0.5) is 0 Å². The number of nitrogens with one attached hydrogen (secondary N) is 1. The van der Waals surface area contributed by atoms with Crippen molar-refractivity contribution in [2.75, 3.05) is 29.6 Å². The Labute approximate surface area is 277 Å². The van der Waals surface area contributed by atoms with E-state index in [1.165, 1.54) is 29.2 Å². The summed E-state index contributed by atoms with van der Waals surface area (Å²) in [4.78, 5) is 18.1. The van der Waals surface area contributed by atoms with Crippen molar-refractivity contribution in [1.29, 1.82) is 0 Å². The smallest absolute Gasteiger partial charge is 0.494 e. The Kier molecular flexibility index (Phi) is 15.0. The molecule has 6 heteroatoms. The van der Waals surface area contributed by atoms with E-state index in [1.807, 2.05) is 42.5 Å². The van der Waals surface area contributed by atoms with Gasteiger partial charge < -0.3 is 9.47 Å². The Morgan fingerprint density at radius 1 is 0.756 bits per heavy atom. The molecule has 242 valence electrons. The molecule has 0 saturated heterocycles. The van der Waals surface area contributed by atoms with Crippen LogP contribution in [0.25, 0.3) is 10.8 Å². The van der Waals surface area contributed by atoms with Crippen LogP contribution in [0.3, 0.4) is 0 Å². The number of benzene rings is 4. The number of hydrogen-bond donors (Lipinski definition) is 2. The molecule has 4 aromatic carbocycles. The van der Waals surface area contributed by atoms with Crippen LogP contribution >= 0.6 is 19.8 Å². The summed E-state index contributed by atoms with van der Waals surface area (Å²) >= 11 is -1.24. The van der Waals surface area contributed by atoms with Crippen LogP contribution in [0.1, 0.15) is 66.9 Å². The minimum absolute atomic E-state index is 0.0308. The van der Waals surface area contributed by atoms with Crippen LogP contribution in [0.5, 0.6) is 11.5 Å². The van der Waals surface area contributed by atoms with Gasteiger partial charge in [-0.15, -0.1) is 0 Å². The van der Waals surface area contributed by atoms with Crippen molar-refractivity contribution in [3.63, 3.8) is 0 Å². The fourth-order valence-electron chi connectivity index (χ4n) is 5.72. The van der Waals surface area contributed by atoms with Gasteiger partial charge in [0.25, 0.3) is 0 Å². The molecule has 0 aliphatic rings. The molecule has 0 radical (unpaired) electrons. The monoisotopic (exact) mass is 723 g/mol. The summed E-state index contributed by atoms with van der Waals surface area (Å²) in [5.74, 6) is 1.94. The van der Waals surface area contributed by atoms with Gasteiger partial charge in [0.1, 0.15) is 18.1 Å². The second-order valence-corrected chi connectivity index (χ2v) is 18.0. The second kappa shape index (κ2) is 19.4. The number of likely N-dealkylation sites (N-methyl/N-ethyl adjacent to an activating group) is 1. The number of quaternary nitrogens is 1. The van der Waals surface area contributed by atoms with Crippen LogP contribution < -0.4 is 20.1 Å². The van der Waals surface area contributed by atoms with Crippen LogP contribution in [0.2, 0.25) is 0 Å². The Morgan fingerprint density at radius 2 is 1.40 bits per heavy atom. The summed E-state index contributed by atoms with van der Waals surface area (Å²) in [5, 5.41) is 8.13. The first-order valence-electron chi connectivity index (χ1n) is 16.5. The minimum atomic E-state index is -1.24. The summed E-state index contributed by atoms with van der Waals surface area (Å²) in [6, 6.07) is 33.4. The van der Waals surface area contributed by atoms with Gasteiger partial charge in [-0.25, -0.2) is 0 Å². The third-order valence-corrected chi connectivity index (χ3v) is 12.4. The molecule has 0 spiro atoms. The van der Waals surface area contributed by atoms with Gasteiger partial charge in [-0.1, -0.05) is 30.3 Å². The van der Waals surface area contributed by atoms with Crippen molar-refractivity contribution in [2.24, 2.45) is 0 Å². The predicted octanol–water partition coefficient (Wildman–Crippen LogP) is 8.10. The number of ether oxygens (including phenoxy) is 2. The molecule has 1 unspecified atom stereocenters. The topological polar surface area (TPSA) is 64.2 Å². The Hall–Kier alpha value is -3.10. The van der Waals surface area contributed by atoms with E-state index in [9.17, 15) is 4.79 Å². The summed E-state index contributed by atoms with van der Waals surface area (Å²) in [6.45, 7) is 5.12. The van der Waals surface area contributed by atoms with E-state index in [-0.39, 0.29) is 11.9 Å². The number of unbranched alkanes of at least 4 members (excludes halogenated alkanes) is 5. The summed E-state index contributed by atoms with van der Waals surface area (Å²) in [6.07, 6.45) is 7.69. The predicted molar refractivity (Wildman–Crippen MR) is 197 cm³/mol. The van der Waals surface area contributed by atoms with Gasteiger partial charge in [0.15, 0.2) is 0 Å². The van der Waals surface area contributed by atoms with E-state index in [2.05, 4.69) is 82.0 Å². The summed E-state index contributed by atoms with van der Waals surface area (Å²) < 4.78 is 12.3. The van der Waals surface area contributed by atoms with E-state index in [4.69, 9.17) is 9.47 Å². The zero-order valence-corrected chi connectivity index (χ0v) is 29.5. The number of carbonyl (C=O) groups is 1. The van der Waals surface area contributed by atoms with Crippen molar-refractivity contribution < 1.29 is 19.6 Å². The number of hydrogen-bond acceptors (Lipinski definition) is 3. The van der Waals surface area contributed by atoms with Gasteiger partial charge in [-0.2, -0.15) is 0 Å². The summed E-state index contributed by atoms with van der Waals surface area (Å²) in [5.41, 5.74) is 2.59. The molecule has 5 nitrogen and oxygen atoms in total. The molecule has 0 bridgehead atoms. The van der Waals surface area contributed by atoms with Gasteiger partial charge in [0, 0.05) is 0 Å². The molecule has 0 aromatic heterocycles. The first-order valence-corrected chi connectivity index (χ1v) is 22.1. The molecule has 4 aromatic rings. The molecule has 0 fully saturated rings. The third kappa shape index (κ3) is 11.6. The van der Waals surface area contributed by atoms with Crippen molar-refractivity contribution in [2.45, 2.75) is 68.4 Å². The maximum atomic E-state index is 13.3. The fraction of sp³-hybridized carbons (Fsp3) is 0.410. The zero-order chi connectivity index (χ0) is 31.7. The molecular formula is C39H52IN2O3+. The van der Waals surface area contributed by atoms with E-state index in [1.54, 1.807) is 0 Å². The van der Waals surface area contributed by atoms with E-state index in [0.717, 1.165) is 68.9 Å². The van der Waals surface area contributed by atoms with Gasteiger partial charge in [-0.3, -0.25) is 0 Å². The van der Waals surface area contributed by atoms with Crippen molar-refractivity contribution in [3.05, 3.63) is 108 Å². The van der Waals surface area contributed by atoms with Crippen molar-refractivity contribution in [1.82, 2.24) is 5.32 Å². The average molecular weight is 724 g/mol. The molecule has 4 rings (SSSR count). The third-order valence-electron chi connectivity index (χ3n) is 8.22. The molecule has 2 atom stereocenters. The van der Waals surface area contributed by atoms with Gasteiger partial charge >= 0.3 is 185 Å². The quantitative estimate of drug-likeness (QED) is 0.0551. The zero-order valence-electron chi connectivity index (χ0n) is 27.4. The summed E-state index contributed by atoms with van der Waals surface area (Å²) in [7, 11) is 0. The second-order valence-electron chi connectivity index (χ2n) is 11.8. The molecule has 0 aliphatic heterocycles. The SMILES string of the molecule is CC[NH2+]C(C[C@@H](c1cccc2ccccc12)I(C)C)C(=O)NCCCCCCCCOc1ccc(OCc2ccccc2)cc1. The Bertz CT molecular complexity index is 1410. The molecule has 0 saturated carbocycles. The molecule has 1 amide bonds. The van der Waals surface area contributed by atoms with E-state index < -0.39 is 19.8 Å². The van der Waals surface area contributed by atoms with Crippen LogP contribution in [-0.2, 0) is 11.4 Å². The van der Waals surface area contributed by atoms with Gasteiger partial charge in [-0.05, 0) is 29.8 Å². The van der Waals surface area contributed by atoms with Crippen molar-refractivity contribution in [3.8, 4) is 11.5 Å². The standard InChI is InChI=1S/C39H51IN2O3/c1-4-41-38(29-37(40(2)3)36-22-16-20-32-19-12-13-21-35(32)36)39(43)42-27-14-7-5-6-8-15-28-44-33-23-25-34(26-24-33)45-30-31-17-10-9-11-18-31/h9-13,16-26,37-38,41H,4-8,14-15,27-30H2,1-3H3,(H,42,43)/p+1/t37-,38?/m0/s1. The number of halogens is 1. The number of alkyl halides is 3. The number of carbonyl (C=O) groups excluding carboxylic acids is 1. The normalized spacial score (nSPS) is 12.8. The van der Waals surface area contributed by atoms with Gasteiger partial charge in [0.05, 0.1) is 6.61 Å². The number of rotatable bonds is 20. The van der Waals surface area contributed by atoms with Gasteiger partial charge in [0.2, 0.25) is 0 Å². The number of fused-ring (bicyclic) bond motifs is 1. The van der Waals surface area contributed by atoms with Crippen LogP contribution in [0.15, 0.2) is 97.1 Å². The first-order chi connectivity index (χ1) is 22.0. The Balaban J connectivity index is 1.08. The Morgan fingerprint density at radius 3 is 2.13 bits per heavy atom.